The third-order valence-corrected chi connectivity index (χ3v) is 1.03. The van der Waals surface area contributed by atoms with Gasteiger partial charge in [-0.3, -0.25) is 9.59 Å². The second-order valence-corrected chi connectivity index (χ2v) is 2.25. The van der Waals surface area contributed by atoms with Gasteiger partial charge in [0.15, 0.2) is 0 Å². The number of carboxylic acids is 2. The van der Waals surface area contributed by atoms with Gasteiger partial charge in [0.1, 0.15) is 12.1 Å². The molecule has 0 aliphatic heterocycles. The van der Waals surface area contributed by atoms with Crippen molar-refractivity contribution >= 4 is 11.9 Å². The summed E-state index contributed by atoms with van der Waals surface area (Å²) < 4.78 is 0. The van der Waals surface area contributed by atoms with Crippen molar-refractivity contribution in [1.82, 2.24) is 0 Å². The molecule has 0 aromatic rings. The van der Waals surface area contributed by atoms with E-state index in [4.69, 9.17) is 31.9 Å². The molecule has 15 heavy (non-hydrogen) atoms. The second-order valence-electron chi connectivity index (χ2n) is 2.25. The van der Waals surface area contributed by atoms with Gasteiger partial charge in [-0.1, -0.05) is 0 Å². The zero-order chi connectivity index (χ0) is 11.7. The van der Waals surface area contributed by atoms with Crippen LogP contribution in [-0.4, -0.2) is 57.7 Å². The SMILES string of the molecule is N[C@@H](CO)C(=O)O.N[C@@H](CO)C(=O)O.[Cu]. The molecule has 8 N–H and O–H groups in total. The molecule has 0 amide bonds. The molecule has 0 rings (SSSR count). The van der Waals surface area contributed by atoms with E-state index in [0.29, 0.717) is 0 Å². The second kappa shape index (κ2) is 11.4. The quantitative estimate of drug-likeness (QED) is 0.291. The average Bonchev–Trinajstić information content (AvgIpc) is 2.15. The summed E-state index contributed by atoms with van der Waals surface area (Å²) in [7, 11) is 0. The fourth-order valence-corrected chi connectivity index (χ4v) is 0.156. The molecule has 0 aliphatic carbocycles. The summed E-state index contributed by atoms with van der Waals surface area (Å²) >= 11 is 0. The molecule has 8 nitrogen and oxygen atoms in total. The number of aliphatic hydroxyl groups is 2. The summed E-state index contributed by atoms with van der Waals surface area (Å²) in [6, 6.07) is -2.25. The molecule has 0 aromatic carbocycles. The van der Waals surface area contributed by atoms with E-state index in [1.807, 2.05) is 0 Å². The normalized spacial score (nSPS) is 12.5. The third-order valence-electron chi connectivity index (χ3n) is 1.03. The molecule has 0 spiro atoms. The first kappa shape index (κ1) is 19.8. The summed E-state index contributed by atoms with van der Waals surface area (Å²) in [5.41, 5.74) is 9.53. The monoisotopic (exact) mass is 273 g/mol. The molecular formula is C6H14CuN2O6. The molecule has 0 heterocycles. The van der Waals surface area contributed by atoms with E-state index in [1.54, 1.807) is 0 Å². The van der Waals surface area contributed by atoms with E-state index in [1.165, 1.54) is 0 Å². The Morgan fingerprint density at radius 2 is 1.13 bits per heavy atom. The Morgan fingerprint density at radius 1 is 0.933 bits per heavy atom. The molecule has 0 aliphatic rings. The fraction of sp³-hybridized carbons (Fsp3) is 0.667. The molecule has 0 saturated heterocycles. The molecule has 95 valence electrons. The third kappa shape index (κ3) is 13.3. The number of nitrogens with two attached hydrogens (primary N) is 2. The maximum atomic E-state index is 9.65. The summed E-state index contributed by atoms with van der Waals surface area (Å²) in [6.45, 7) is -1.01. The van der Waals surface area contributed by atoms with E-state index in [-0.39, 0.29) is 17.1 Å². The molecular weight excluding hydrogens is 260 g/mol. The zero-order valence-corrected chi connectivity index (χ0v) is 8.57. The van der Waals surface area contributed by atoms with Crippen LogP contribution >= 0.6 is 0 Å². The number of hydrogen-bond acceptors (Lipinski definition) is 6. The van der Waals surface area contributed by atoms with Crippen LogP contribution in [0.4, 0.5) is 0 Å². The first-order valence-corrected chi connectivity index (χ1v) is 3.55. The van der Waals surface area contributed by atoms with Gasteiger partial charge in [0.2, 0.25) is 0 Å². The predicted octanol–water partition coefficient (Wildman–Crippen LogP) is -3.22. The van der Waals surface area contributed by atoms with Crippen LogP contribution in [0, 0.1) is 0 Å². The van der Waals surface area contributed by atoms with Gasteiger partial charge < -0.3 is 31.9 Å². The van der Waals surface area contributed by atoms with Crippen molar-refractivity contribution in [2.24, 2.45) is 11.5 Å². The van der Waals surface area contributed by atoms with E-state index >= 15 is 0 Å². The standard InChI is InChI=1S/2C3H7NO3.Cu/c2*4-2(1-5)3(6)7;/h2*2,5H,1,4H2,(H,6,7);/t2*2-;/m00./s1. The van der Waals surface area contributed by atoms with Gasteiger partial charge in [0, 0.05) is 17.1 Å². The van der Waals surface area contributed by atoms with Crippen LogP contribution in [0.5, 0.6) is 0 Å². The smallest absolute Gasteiger partial charge is 0.322 e. The molecule has 9 heteroatoms. The number of aliphatic hydroxyl groups excluding tert-OH is 2. The molecule has 0 saturated carbocycles. The summed E-state index contributed by atoms with van der Waals surface area (Å²) in [4.78, 5) is 19.3. The molecule has 0 fully saturated rings. The average molecular weight is 274 g/mol. The van der Waals surface area contributed by atoms with Crippen LogP contribution in [-0.2, 0) is 26.7 Å². The molecule has 0 aromatic heterocycles. The fourth-order valence-electron chi connectivity index (χ4n) is 0.156. The molecule has 2 atom stereocenters. The molecule has 0 unspecified atom stereocenters. The van der Waals surface area contributed by atoms with Gasteiger partial charge in [0.25, 0.3) is 0 Å². The Morgan fingerprint density at radius 3 is 1.13 bits per heavy atom. The first-order chi connectivity index (χ1) is 6.36. The minimum atomic E-state index is -1.18. The number of carbonyl (C=O) groups is 2. The molecule has 0 bridgehead atoms. The number of carboxylic acid groups (broad SMARTS) is 2. The van der Waals surface area contributed by atoms with Crippen molar-refractivity contribution in [2.75, 3.05) is 13.2 Å². The maximum Gasteiger partial charge on any atom is 0.322 e. The van der Waals surface area contributed by atoms with Crippen LogP contribution in [0.2, 0.25) is 0 Å². The van der Waals surface area contributed by atoms with Crippen LogP contribution < -0.4 is 11.5 Å². The zero-order valence-electron chi connectivity index (χ0n) is 7.63. The van der Waals surface area contributed by atoms with Crippen molar-refractivity contribution in [1.29, 1.82) is 0 Å². The molecule has 1 radical (unpaired) electrons. The van der Waals surface area contributed by atoms with Crippen LogP contribution in [0.1, 0.15) is 0 Å². The van der Waals surface area contributed by atoms with Gasteiger partial charge in [0.05, 0.1) is 13.2 Å². The Hall–Kier alpha value is -0.701. The summed E-state index contributed by atoms with van der Waals surface area (Å²) in [5.74, 6) is -2.36. The Labute approximate surface area is 96.3 Å². The van der Waals surface area contributed by atoms with E-state index in [9.17, 15) is 9.59 Å². The Balaban J connectivity index is -0.000000180. The van der Waals surface area contributed by atoms with Gasteiger partial charge in [-0.15, -0.1) is 0 Å². The van der Waals surface area contributed by atoms with Crippen molar-refractivity contribution in [3.8, 4) is 0 Å². The summed E-state index contributed by atoms with van der Waals surface area (Å²) in [6.07, 6.45) is 0. The number of aliphatic carboxylic acids is 2. The Bertz CT molecular complexity index is 170. The van der Waals surface area contributed by atoms with Crippen molar-refractivity contribution < 1.29 is 47.1 Å². The van der Waals surface area contributed by atoms with Crippen LogP contribution in [0.25, 0.3) is 0 Å². The van der Waals surface area contributed by atoms with Gasteiger partial charge in [-0.2, -0.15) is 0 Å². The summed E-state index contributed by atoms with van der Waals surface area (Å²) in [5, 5.41) is 31.8. The minimum Gasteiger partial charge on any atom is -0.480 e. The van der Waals surface area contributed by atoms with E-state index in [0.717, 1.165) is 0 Å². The van der Waals surface area contributed by atoms with Crippen molar-refractivity contribution in [3.63, 3.8) is 0 Å². The first-order valence-electron chi connectivity index (χ1n) is 3.55. The minimum absolute atomic E-state index is 0. The topological polar surface area (TPSA) is 167 Å². The predicted molar refractivity (Wildman–Crippen MR) is 45.4 cm³/mol. The number of hydrogen-bond donors (Lipinski definition) is 6. The van der Waals surface area contributed by atoms with Gasteiger partial charge in [-0.05, 0) is 0 Å². The van der Waals surface area contributed by atoms with Crippen LogP contribution in [0.15, 0.2) is 0 Å². The maximum absolute atomic E-state index is 9.65. The van der Waals surface area contributed by atoms with Crippen molar-refractivity contribution in [3.05, 3.63) is 0 Å². The van der Waals surface area contributed by atoms with E-state index < -0.39 is 37.2 Å². The Kier molecular flexibility index (Phi) is 15.0. The number of rotatable bonds is 4. The van der Waals surface area contributed by atoms with Gasteiger partial charge >= 0.3 is 11.9 Å². The largest absolute Gasteiger partial charge is 0.480 e. The van der Waals surface area contributed by atoms with Gasteiger partial charge in [-0.25, -0.2) is 0 Å². The van der Waals surface area contributed by atoms with E-state index in [2.05, 4.69) is 0 Å². The van der Waals surface area contributed by atoms with Crippen molar-refractivity contribution in [2.45, 2.75) is 12.1 Å². The van der Waals surface area contributed by atoms with Crippen LogP contribution in [0.3, 0.4) is 0 Å².